The van der Waals surface area contributed by atoms with Gasteiger partial charge in [0.25, 0.3) is 0 Å². The van der Waals surface area contributed by atoms with Crippen LogP contribution in [0.5, 0.6) is 0 Å². The maximum atomic E-state index is 9.16. The van der Waals surface area contributed by atoms with Gasteiger partial charge in [-0.3, -0.25) is 0 Å². The van der Waals surface area contributed by atoms with Crippen molar-refractivity contribution in [2.75, 3.05) is 0 Å². The molecular weight excluding hydrogens is 150 g/mol. The molecule has 0 amide bonds. The number of rotatable bonds is 2. The van der Waals surface area contributed by atoms with Crippen molar-refractivity contribution < 1.29 is 5.11 Å². The largest absolute Gasteiger partial charge is 0.508 e. The van der Waals surface area contributed by atoms with Crippen LogP contribution in [0.4, 0.5) is 0 Å². The number of nitrogens with two attached hydrogens (primary N) is 1. The Kier molecular flexibility index (Phi) is 2.19. The van der Waals surface area contributed by atoms with Gasteiger partial charge in [0.15, 0.2) is 0 Å². The highest BCUT2D eigenvalue weighted by atomic mass is 16.3. The minimum Gasteiger partial charge on any atom is -0.508 e. The number of aliphatic hydroxyl groups excluding tert-OH is 1. The summed E-state index contributed by atoms with van der Waals surface area (Å²) in [6, 6.07) is 7.18. The van der Waals surface area contributed by atoms with Crippen molar-refractivity contribution in [3.8, 4) is 0 Å². The molecule has 0 spiro atoms. The standard InChI is InChI=1S/C10H11NO/c1-7(11)9-5-3-4-6-10(9)8(2)12/h3-6,12H,1-2,11H2. The normalized spacial score (nSPS) is 9.33. The highest BCUT2D eigenvalue weighted by Crippen LogP contribution is 2.18. The lowest BCUT2D eigenvalue weighted by molar-refractivity contribution is 0.513. The minimum absolute atomic E-state index is 0.0113. The second-order valence-electron chi connectivity index (χ2n) is 2.52. The molecule has 0 radical (unpaired) electrons. The fourth-order valence-electron chi connectivity index (χ4n) is 1.01. The van der Waals surface area contributed by atoms with Gasteiger partial charge >= 0.3 is 0 Å². The van der Waals surface area contributed by atoms with Crippen molar-refractivity contribution in [3.05, 3.63) is 48.6 Å². The Hall–Kier alpha value is -1.70. The van der Waals surface area contributed by atoms with Gasteiger partial charge in [-0.15, -0.1) is 0 Å². The molecule has 0 aliphatic rings. The summed E-state index contributed by atoms with van der Waals surface area (Å²) in [5.74, 6) is 0.0113. The first kappa shape index (κ1) is 8.40. The molecule has 1 aromatic carbocycles. The molecule has 0 bridgehead atoms. The predicted molar refractivity (Wildman–Crippen MR) is 51.3 cm³/mol. The highest BCUT2D eigenvalue weighted by Gasteiger charge is 2.03. The lowest BCUT2D eigenvalue weighted by Gasteiger charge is -2.06. The molecule has 0 aromatic heterocycles. The Morgan fingerprint density at radius 2 is 1.67 bits per heavy atom. The smallest absolute Gasteiger partial charge is 0.116 e. The van der Waals surface area contributed by atoms with Crippen molar-refractivity contribution in [1.29, 1.82) is 0 Å². The van der Waals surface area contributed by atoms with Crippen LogP contribution in [-0.2, 0) is 0 Å². The molecule has 0 atom stereocenters. The van der Waals surface area contributed by atoms with Crippen LogP contribution >= 0.6 is 0 Å². The monoisotopic (exact) mass is 161 g/mol. The average Bonchev–Trinajstić information content (AvgIpc) is 2.04. The molecule has 1 rings (SSSR count). The zero-order valence-electron chi connectivity index (χ0n) is 6.75. The molecule has 0 saturated carbocycles. The van der Waals surface area contributed by atoms with E-state index >= 15 is 0 Å². The summed E-state index contributed by atoms with van der Waals surface area (Å²) >= 11 is 0. The lowest BCUT2D eigenvalue weighted by Crippen LogP contribution is -1.98. The van der Waals surface area contributed by atoms with Gasteiger partial charge in [-0.25, -0.2) is 0 Å². The maximum absolute atomic E-state index is 9.16. The van der Waals surface area contributed by atoms with Crippen molar-refractivity contribution >= 4 is 11.5 Å². The molecule has 2 heteroatoms. The van der Waals surface area contributed by atoms with Crippen LogP contribution in [0, 0.1) is 0 Å². The van der Waals surface area contributed by atoms with E-state index in [4.69, 9.17) is 10.8 Å². The fourth-order valence-corrected chi connectivity index (χ4v) is 1.01. The van der Waals surface area contributed by atoms with Crippen LogP contribution in [0.3, 0.4) is 0 Å². The minimum atomic E-state index is 0.0113. The van der Waals surface area contributed by atoms with Gasteiger partial charge in [0.2, 0.25) is 0 Å². The topological polar surface area (TPSA) is 46.2 Å². The summed E-state index contributed by atoms with van der Waals surface area (Å²) in [4.78, 5) is 0. The summed E-state index contributed by atoms with van der Waals surface area (Å²) in [7, 11) is 0. The Bertz CT molecular complexity index is 295. The summed E-state index contributed by atoms with van der Waals surface area (Å²) in [5, 5.41) is 9.16. The van der Waals surface area contributed by atoms with Crippen LogP contribution in [0.15, 0.2) is 37.4 Å². The third kappa shape index (κ3) is 1.48. The van der Waals surface area contributed by atoms with Crippen LogP contribution in [0.25, 0.3) is 11.5 Å². The molecule has 0 fully saturated rings. The fraction of sp³-hybridized carbons (Fsp3) is 0. The Balaban J connectivity index is 3.27. The average molecular weight is 161 g/mol. The zero-order valence-corrected chi connectivity index (χ0v) is 6.75. The first-order chi connectivity index (χ1) is 5.63. The number of hydrogen-bond donors (Lipinski definition) is 2. The van der Waals surface area contributed by atoms with E-state index < -0.39 is 0 Å². The van der Waals surface area contributed by atoms with Gasteiger partial charge in [0.05, 0.1) is 0 Å². The van der Waals surface area contributed by atoms with E-state index in [1.54, 1.807) is 12.1 Å². The molecule has 0 aliphatic heterocycles. The van der Waals surface area contributed by atoms with E-state index in [9.17, 15) is 0 Å². The van der Waals surface area contributed by atoms with Crippen LogP contribution in [-0.4, -0.2) is 5.11 Å². The summed E-state index contributed by atoms with van der Waals surface area (Å²) in [6.45, 7) is 7.02. The summed E-state index contributed by atoms with van der Waals surface area (Å²) in [6.07, 6.45) is 0. The van der Waals surface area contributed by atoms with Gasteiger partial charge in [-0.1, -0.05) is 37.4 Å². The number of aliphatic hydroxyl groups is 1. The molecule has 0 heterocycles. The van der Waals surface area contributed by atoms with E-state index in [0.717, 1.165) is 5.56 Å². The quantitative estimate of drug-likeness (QED) is 0.653. The molecular formula is C10H11NO. The zero-order chi connectivity index (χ0) is 9.14. The Labute approximate surface area is 71.6 Å². The van der Waals surface area contributed by atoms with Gasteiger partial charge in [-0.05, 0) is 0 Å². The molecule has 12 heavy (non-hydrogen) atoms. The Morgan fingerprint density at radius 1 is 1.17 bits per heavy atom. The van der Waals surface area contributed by atoms with E-state index in [1.165, 1.54) is 0 Å². The predicted octanol–water partition coefficient (Wildman–Crippen LogP) is 2.14. The van der Waals surface area contributed by atoms with Crippen LogP contribution < -0.4 is 5.73 Å². The SMILES string of the molecule is C=C(N)c1ccccc1C(=C)O. The van der Waals surface area contributed by atoms with E-state index in [2.05, 4.69) is 13.2 Å². The van der Waals surface area contributed by atoms with E-state index in [-0.39, 0.29) is 5.76 Å². The van der Waals surface area contributed by atoms with Crippen molar-refractivity contribution in [1.82, 2.24) is 0 Å². The number of hydrogen-bond acceptors (Lipinski definition) is 2. The summed E-state index contributed by atoms with van der Waals surface area (Å²) < 4.78 is 0. The molecule has 2 nitrogen and oxygen atoms in total. The molecule has 0 unspecified atom stereocenters. The highest BCUT2D eigenvalue weighted by molar-refractivity contribution is 5.73. The van der Waals surface area contributed by atoms with Crippen molar-refractivity contribution in [2.45, 2.75) is 0 Å². The summed E-state index contributed by atoms with van der Waals surface area (Å²) in [5.41, 5.74) is 7.29. The second-order valence-corrected chi connectivity index (χ2v) is 2.52. The molecule has 0 aliphatic carbocycles. The van der Waals surface area contributed by atoms with E-state index in [1.807, 2.05) is 12.1 Å². The molecule has 62 valence electrons. The molecule has 3 N–H and O–H groups in total. The van der Waals surface area contributed by atoms with E-state index in [0.29, 0.717) is 11.3 Å². The van der Waals surface area contributed by atoms with Crippen LogP contribution in [0.2, 0.25) is 0 Å². The van der Waals surface area contributed by atoms with Gasteiger partial charge in [0, 0.05) is 16.8 Å². The lowest BCUT2D eigenvalue weighted by atomic mass is 10.0. The van der Waals surface area contributed by atoms with Crippen molar-refractivity contribution in [2.24, 2.45) is 5.73 Å². The first-order valence-corrected chi connectivity index (χ1v) is 3.55. The first-order valence-electron chi connectivity index (χ1n) is 3.55. The molecule has 0 saturated heterocycles. The number of benzene rings is 1. The third-order valence-corrected chi connectivity index (χ3v) is 1.58. The van der Waals surface area contributed by atoms with Gasteiger partial charge in [0.1, 0.15) is 5.76 Å². The van der Waals surface area contributed by atoms with Gasteiger partial charge < -0.3 is 10.8 Å². The van der Waals surface area contributed by atoms with Gasteiger partial charge in [-0.2, -0.15) is 0 Å². The van der Waals surface area contributed by atoms with Crippen molar-refractivity contribution in [3.63, 3.8) is 0 Å². The molecule has 1 aromatic rings. The third-order valence-electron chi connectivity index (χ3n) is 1.58. The second kappa shape index (κ2) is 3.13. The maximum Gasteiger partial charge on any atom is 0.116 e. The Morgan fingerprint density at radius 3 is 2.00 bits per heavy atom. The van der Waals surface area contributed by atoms with Crippen LogP contribution in [0.1, 0.15) is 11.1 Å².